The van der Waals surface area contributed by atoms with Gasteiger partial charge in [0, 0.05) is 18.7 Å². The van der Waals surface area contributed by atoms with E-state index in [4.69, 9.17) is 10.5 Å². The quantitative estimate of drug-likeness (QED) is 0.755. The number of urea groups is 1. The molecular weight excluding hydrogens is 254 g/mol. The molecule has 5 heteroatoms. The van der Waals surface area contributed by atoms with E-state index in [0.717, 1.165) is 11.1 Å². The number of benzene rings is 1. The molecule has 0 aliphatic carbocycles. The molecule has 0 radical (unpaired) electrons. The average Bonchev–Trinajstić information content (AvgIpc) is 2.48. The van der Waals surface area contributed by atoms with Crippen molar-refractivity contribution in [2.24, 2.45) is 5.73 Å². The van der Waals surface area contributed by atoms with E-state index < -0.39 is 0 Å². The van der Waals surface area contributed by atoms with Crippen LogP contribution in [0.25, 0.3) is 0 Å². The second kappa shape index (κ2) is 6.94. The summed E-state index contributed by atoms with van der Waals surface area (Å²) in [6, 6.07) is 5.64. The number of anilines is 1. The Morgan fingerprint density at radius 3 is 2.90 bits per heavy atom. The molecule has 1 aromatic rings. The lowest BCUT2D eigenvalue weighted by Crippen LogP contribution is -2.43. The number of nitrogens with one attached hydrogen (secondary N) is 1. The Hall–Kier alpha value is -2.03. The minimum atomic E-state index is -0.118. The van der Waals surface area contributed by atoms with Gasteiger partial charge in [0.25, 0.3) is 0 Å². The molecule has 1 aromatic carbocycles. The predicted octanol–water partition coefficient (Wildman–Crippen LogP) is 1.17. The lowest BCUT2D eigenvalue weighted by atomic mass is 10.1. The number of amides is 2. The number of aryl methyl sites for hydroxylation is 1. The summed E-state index contributed by atoms with van der Waals surface area (Å²) in [6.07, 6.45) is 0. The van der Waals surface area contributed by atoms with E-state index in [2.05, 4.69) is 17.2 Å². The zero-order valence-electron chi connectivity index (χ0n) is 11.6. The Labute approximate surface area is 119 Å². The molecule has 106 valence electrons. The molecule has 20 heavy (non-hydrogen) atoms. The highest BCUT2D eigenvalue weighted by Gasteiger charge is 2.17. The molecule has 0 aromatic heterocycles. The van der Waals surface area contributed by atoms with E-state index in [1.807, 2.05) is 25.1 Å². The van der Waals surface area contributed by atoms with Crippen LogP contribution < -0.4 is 11.1 Å². The van der Waals surface area contributed by atoms with Crippen molar-refractivity contribution in [2.45, 2.75) is 6.92 Å². The lowest BCUT2D eigenvalue weighted by Gasteiger charge is -2.27. The van der Waals surface area contributed by atoms with Gasteiger partial charge >= 0.3 is 6.03 Å². The first-order valence-electron chi connectivity index (χ1n) is 6.64. The fraction of sp³-hybridized carbons (Fsp3) is 0.400. The van der Waals surface area contributed by atoms with E-state index in [-0.39, 0.29) is 6.03 Å². The Morgan fingerprint density at radius 2 is 2.20 bits per heavy atom. The Kier molecular flexibility index (Phi) is 4.99. The summed E-state index contributed by atoms with van der Waals surface area (Å²) in [5.41, 5.74) is 8.00. The number of carbonyl (C=O) groups is 1. The van der Waals surface area contributed by atoms with E-state index in [1.165, 1.54) is 0 Å². The summed E-state index contributed by atoms with van der Waals surface area (Å²) in [7, 11) is 0. The van der Waals surface area contributed by atoms with Crippen LogP contribution in [0.4, 0.5) is 10.5 Å². The van der Waals surface area contributed by atoms with Crippen molar-refractivity contribution in [3.05, 3.63) is 29.3 Å². The maximum absolute atomic E-state index is 12.2. The first kappa shape index (κ1) is 14.4. The second-order valence-corrected chi connectivity index (χ2v) is 4.58. The molecule has 0 unspecified atom stereocenters. The van der Waals surface area contributed by atoms with Crippen LogP contribution in [-0.2, 0) is 4.74 Å². The van der Waals surface area contributed by atoms with Crippen LogP contribution in [0, 0.1) is 18.8 Å². The van der Waals surface area contributed by atoms with E-state index >= 15 is 0 Å². The van der Waals surface area contributed by atoms with Gasteiger partial charge in [0.2, 0.25) is 0 Å². The van der Waals surface area contributed by atoms with Gasteiger partial charge in [-0.05, 0) is 24.6 Å². The molecule has 0 spiro atoms. The molecule has 1 heterocycles. The van der Waals surface area contributed by atoms with Gasteiger partial charge in [-0.25, -0.2) is 4.79 Å². The summed E-state index contributed by atoms with van der Waals surface area (Å²) < 4.78 is 5.23. The van der Waals surface area contributed by atoms with Gasteiger partial charge in [-0.2, -0.15) is 0 Å². The van der Waals surface area contributed by atoms with Crippen LogP contribution in [0.5, 0.6) is 0 Å². The number of morpholine rings is 1. The number of carbonyl (C=O) groups excluding carboxylic acids is 1. The first-order chi connectivity index (χ1) is 9.70. The largest absolute Gasteiger partial charge is 0.378 e. The lowest BCUT2D eigenvalue weighted by molar-refractivity contribution is 0.0564. The third-order valence-corrected chi connectivity index (χ3v) is 3.04. The van der Waals surface area contributed by atoms with Crippen molar-refractivity contribution in [3.8, 4) is 11.8 Å². The van der Waals surface area contributed by atoms with Crippen LogP contribution in [0.15, 0.2) is 18.2 Å². The number of hydrogen-bond acceptors (Lipinski definition) is 3. The molecule has 1 saturated heterocycles. The Balaban J connectivity index is 2.13. The molecule has 2 rings (SSSR count). The first-order valence-corrected chi connectivity index (χ1v) is 6.64. The van der Waals surface area contributed by atoms with Crippen molar-refractivity contribution >= 4 is 11.7 Å². The van der Waals surface area contributed by atoms with Gasteiger partial charge in [0.15, 0.2) is 0 Å². The van der Waals surface area contributed by atoms with Gasteiger partial charge < -0.3 is 20.7 Å². The van der Waals surface area contributed by atoms with Crippen molar-refractivity contribution < 1.29 is 9.53 Å². The van der Waals surface area contributed by atoms with Gasteiger partial charge in [0.05, 0.1) is 25.4 Å². The predicted molar refractivity (Wildman–Crippen MR) is 78.5 cm³/mol. The van der Waals surface area contributed by atoms with E-state index in [0.29, 0.717) is 38.5 Å². The molecule has 1 aliphatic heterocycles. The maximum atomic E-state index is 12.2. The standard InChI is InChI=1S/C15H19N3O2/c1-12-4-5-14(13(11-12)3-2-6-16)17-15(19)18-7-9-20-10-8-18/h4-5,11H,6-10,16H2,1H3,(H,17,19). The van der Waals surface area contributed by atoms with Crippen LogP contribution in [0.2, 0.25) is 0 Å². The summed E-state index contributed by atoms with van der Waals surface area (Å²) >= 11 is 0. The molecule has 3 N–H and O–H groups in total. The molecular formula is C15H19N3O2. The molecule has 1 aliphatic rings. The van der Waals surface area contributed by atoms with Crippen molar-refractivity contribution in [1.29, 1.82) is 0 Å². The van der Waals surface area contributed by atoms with Crippen LogP contribution in [0.3, 0.4) is 0 Å². The number of nitrogens with zero attached hydrogens (tertiary/aromatic N) is 1. The molecule has 2 amide bonds. The number of nitrogens with two attached hydrogens (primary N) is 1. The molecule has 5 nitrogen and oxygen atoms in total. The second-order valence-electron chi connectivity index (χ2n) is 4.58. The summed E-state index contributed by atoms with van der Waals surface area (Å²) in [4.78, 5) is 13.9. The van der Waals surface area contributed by atoms with Gasteiger partial charge in [-0.15, -0.1) is 0 Å². The SMILES string of the molecule is Cc1ccc(NC(=O)N2CCOCC2)c(C#CCN)c1. The van der Waals surface area contributed by atoms with Crippen molar-refractivity contribution in [1.82, 2.24) is 4.90 Å². The summed E-state index contributed by atoms with van der Waals surface area (Å²) in [5, 5.41) is 2.90. The molecule has 0 atom stereocenters. The van der Waals surface area contributed by atoms with Gasteiger partial charge in [-0.1, -0.05) is 17.9 Å². The Bertz CT molecular complexity index is 540. The third-order valence-electron chi connectivity index (χ3n) is 3.04. The summed E-state index contributed by atoms with van der Waals surface area (Å²) in [5.74, 6) is 5.81. The topological polar surface area (TPSA) is 67.6 Å². The monoisotopic (exact) mass is 273 g/mol. The fourth-order valence-electron chi connectivity index (χ4n) is 1.98. The normalized spacial score (nSPS) is 14.4. The molecule has 1 fully saturated rings. The minimum Gasteiger partial charge on any atom is -0.378 e. The highest BCUT2D eigenvalue weighted by atomic mass is 16.5. The van der Waals surface area contributed by atoms with Crippen molar-refractivity contribution in [3.63, 3.8) is 0 Å². The highest BCUT2D eigenvalue weighted by molar-refractivity contribution is 5.91. The average molecular weight is 273 g/mol. The number of hydrogen-bond donors (Lipinski definition) is 2. The van der Waals surface area contributed by atoms with E-state index in [1.54, 1.807) is 4.90 Å². The fourth-order valence-corrected chi connectivity index (χ4v) is 1.98. The number of ether oxygens (including phenoxy) is 1. The number of rotatable bonds is 1. The van der Waals surface area contributed by atoms with Crippen LogP contribution in [0.1, 0.15) is 11.1 Å². The van der Waals surface area contributed by atoms with Crippen LogP contribution in [-0.4, -0.2) is 43.8 Å². The zero-order chi connectivity index (χ0) is 14.4. The van der Waals surface area contributed by atoms with Gasteiger partial charge in [-0.3, -0.25) is 0 Å². The zero-order valence-corrected chi connectivity index (χ0v) is 11.6. The van der Waals surface area contributed by atoms with E-state index in [9.17, 15) is 4.79 Å². The van der Waals surface area contributed by atoms with Crippen molar-refractivity contribution in [2.75, 3.05) is 38.2 Å². The maximum Gasteiger partial charge on any atom is 0.322 e. The third kappa shape index (κ3) is 3.73. The van der Waals surface area contributed by atoms with Gasteiger partial charge in [0.1, 0.15) is 0 Å². The van der Waals surface area contributed by atoms with Crippen LogP contribution >= 0.6 is 0 Å². The molecule has 0 bridgehead atoms. The highest BCUT2D eigenvalue weighted by Crippen LogP contribution is 2.17. The minimum absolute atomic E-state index is 0.118. The Morgan fingerprint density at radius 1 is 1.45 bits per heavy atom. The smallest absolute Gasteiger partial charge is 0.322 e. The molecule has 0 saturated carbocycles. The summed E-state index contributed by atoms with van der Waals surface area (Å²) in [6.45, 7) is 4.68.